The van der Waals surface area contributed by atoms with Crippen LogP contribution < -0.4 is 15.8 Å². The molecule has 0 aliphatic carbocycles. The third-order valence-electron chi connectivity index (χ3n) is 1.88. The van der Waals surface area contributed by atoms with Crippen LogP contribution in [0.3, 0.4) is 0 Å². The van der Waals surface area contributed by atoms with Crippen molar-refractivity contribution in [3.63, 3.8) is 0 Å². The van der Waals surface area contributed by atoms with Crippen molar-refractivity contribution in [2.45, 2.75) is 0 Å². The van der Waals surface area contributed by atoms with Crippen LogP contribution in [0, 0.1) is 0 Å². The number of carbonyl (C=O) groups is 2. The second kappa shape index (κ2) is 5.50. The molecule has 0 saturated heterocycles. The van der Waals surface area contributed by atoms with E-state index in [0.717, 1.165) is 6.26 Å². The van der Waals surface area contributed by atoms with Crippen molar-refractivity contribution >= 4 is 27.5 Å². The minimum atomic E-state index is -3.61. The van der Waals surface area contributed by atoms with Gasteiger partial charge < -0.3 is 11.1 Å². The van der Waals surface area contributed by atoms with Crippen molar-refractivity contribution < 1.29 is 18.0 Å². The molecule has 1 aromatic carbocycles. The molecule has 0 radical (unpaired) electrons. The van der Waals surface area contributed by atoms with Gasteiger partial charge in [-0.25, -0.2) is 8.42 Å². The molecule has 8 heteroatoms. The number of hydrogen-bond donors (Lipinski definition) is 3. The summed E-state index contributed by atoms with van der Waals surface area (Å²) in [6.07, 6.45) is 0.854. The van der Waals surface area contributed by atoms with E-state index in [9.17, 15) is 18.0 Å². The van der Waals surface area contributed by atoms with E-state index in [1.165, 1.54) is 12.1 Å². The van der Waals surface area contributed by atoms with E-state index in [-0.39, 0.29) is 0 Å². The van der Waals surface area contributed by atoms with E-state index in [2.05, 4.69) is 5.32 Å². The highest BCUT2D eigenvalue weighted by atomic mass is 32.2. The van der Waals surface area contributed by atoms with Crippen LogP contribution in [0.4, 0.5) is 5.69 Å². The van der Waals surface area contributed by atoms with Gasteiger partial charge in [0.15, 0.2) is 0 Å². The van der Waals surface area contributed by atoms with Crippen molar-refractivity contribution in [2.24, 2.45) is 0 Å². The van der Waals surface area contributed by atoms with Gasteiger partial charge in [-0.05, 0) is 24.3 Å². The number of anilines is 1. The molecule has 0 fully saturated rings. The first-order chi connectivity index (χ1) is 8.28. The predicted octanol–water partition coefficient (Wildman–Crippen LogP) is -0.926. The second-order valence-corrected chi connectivity index (χ2v) is 5.35. The molecule has 0 aliphatic rings. The van der Waals surface area contributed by atoms with Gasteiger partial charge in [0.25, 0.3) is 11.8 Å². The lowest BCUT2D eigenvalue weighted by molar-refractivity contribution is -0.118. The average molecular weight is 271 g/mol. The quantitative estimate of drug-likeness (QED) is 0.612. The van der Waals surface area contributed by atoms with E-state index in [4.69, 9.17) is 5.73 Å². The molecule has 98 valence electrons. The molecular formula is C10H13N3O4S. The Hall–Kier alpha value is -2.09. The molecule has 7 nitrogen and oxygen atoms in total. The number of nitrogens with two attached hydrogens (primary N) is 1. The Morgan fingerprint density at radius 1 is 1.22 bits per heavy atom. The maximum atomic E-state index is 11.5. The zero-order chi connectivity index (χ0) is 13.8. The minimum absolute atomic E-state index is 0.330. The summed E-state index contributed by atoms with van der Waals surface area (Å²) in [5, 5.41) is 2.28. The summed E-state index contributed by atoms with van der Waals surface area (Å²) in [5.74, 6) is -1.29. The highest BCUT2D eigenvalue weighted by molar-refractivity contribution is 7.89. The lowest BCUT2D eigenvalue weighted by atomic mass is 10.2. The maximum absolute atomic E-state index is 11.5. The molecule has 1 aromatic rings. The van der Waals surface area contributed by atoms with E-state index >= 15 is 0 Å². The highest BCUT2D eigenvalue weighted by Crippen LogP contribution is 2.04. The Balaban J connectivity index is 2.52. The molecule has 4 N–H and O–H groups in total. The number of amides is 2. The lowest BCUT2D eigenvalue weighted by Crippen LogP contribution is -2.39. The monoisotopic (exact) mass is 271 g/mol. The van der Waals surface area contributed by atoms with Crippen LogP contribution in [0.1, 0.15) is 10.4 Å². The van der Waals surface area contributed by atoms with Crippen LogP contribution in [-0.2, 0) is 14.8 Å². The van der Waals surface area contributed by atoms with Crippen molar-refractivity contribution in [3.05, 3.63) is 29.8 Å². The number of nitrogen functional groups attached to an aromatic ring is 1. The number of nitrogens with one attached hydrogen (secondary N) is 2. The Morgan fingerprint density at radius 2 is 1.78 bits per heavy atom. The third kappa shape index (κ3) is 4.83. The van der Waals surface area contributed by atoms with Crippen molar-refractivity contribution in [3.8, 4) is 0 Å². The summed E-state index contributed by atoms with van der Waals surface area (Å²) in [7, 11) is -3.61. The van der Waals surface area contributed by atoms with Gasteiger partial charge in [-0.1, -0.05) is 0 Å². The number of sulfonamides is 1. The first-order valence-corrected chi connectivity index (χ1v) is 6.81. The first kappa shape index (κ1) is 14.0. The summed E-state index contributed by atoms with van der Waals surface area (Å²) >= 11 is 0. The summed E-state index contributed by atoms with van der Waals surface area (Å²) < 4.78 is 23.2. The zero-order valence-corrected chi connectivity index (χ0v) is 10.5. The van der Waals surface area contributed by atoms with Crippen LogP contribution in [0.15, 0.2) is 24.3 Å². The second-order valence-electron chi connectivity index (χ2n) is 3.60. The van der Waals surface area contributed by atoms with Gasteiger partial charge in [0.1, 0.15) is 0 Å². The average Bonchev–Trinajstić information content (AvgIpc) is 2.24. The van der Waals surface area contributed by atoms with Crippen LogP contribution in [0.25, 0.3) is 0 Å². The summed E-state index contributed by atoms with van der Waals surface area (Å²) in [5.41, 5.74) is 6.30. The fourth-order valence-corrected chi connectivity index (χ4v) is 1.63. The van der Waals surface area contributed by atoms with Gasteiger partial charge in [0, 0.05) is 11.3 Å². The van der Waals surface area contributed by atoms with E-state index in [1.807, 2.05) is 0 Å². The standard InChI is InChI=1S/C10H13N3O4S/c1-18(16,17)13-9(14)6-12-10(15)7-2-4-8(11)5-3-7/h2-5H,6,11H2,1H3,(H,12,15)(H,13,14). The van der Waals surface area contributed by atoms with Crippen LogP contribution >= 0.6 is 0 Å². The fraction of sp³-hybridized carbons (Fsp3) is 0.200. The predicted molar refractivity (Wildman–Crippen MR) is 66.2 cm³/mol. The fourth-order valence-electron chi connectivity index (χ4n) is 1.14. The van der Waals surface area contributed by atoms with Crippen molar-refractivity contribution in [1.29, 1.82) is 0 Å². The SMILES string of the molecule is CS(=O)(=O)NC(=O)CNC(=O)c1ccc(N)cc1. The molecule has 18 heavy (non-hydrogen) atoms. The first-order valence-electron chi connectivity index (χ1n) is 4.92. The normalized spacial score (nSPS) is 10.7. The Morgan fingerprint density at radius 3 is 2.28 bits per heavy atom. The van der Waals surface area contributed by atoms with E-state index < -0.39 is 28.4 Å². The van der Waals surface area contributed by atoms with Gasteiger partial charge in [-0.2, -0.15) is 0 Å². The Labute approximate surface area is 104 Å². The van der Waals surface area contributed by atoms with Crippen molar-refractivity contribution in [2.75, 3.05) is 18.5 Å². The molecular weight excluding hydrogens is 258 g/mol. The summed E-state index contributed by atoms with van der Waals surface area (Å²) in [4.78, 5) is 22.7. The molecule has 0 heterocycles. The molecule has 0 bridgehead atoms. The number of carbonyl (C=O) groups excluding carboxylic acids is 2. The van der Waals surface area contributed by atoms with Gasteiger partial charge in [0.05, 0.1) is 12.8 Å². The third-order valence-corrected chi connectivity index (χ3v) is 2.48. The topological polar surface area (TPSA) is 118 Å². The Bertz CT molecular complexity index is 551. The number of hydrogen-bond acceptors (Lipinski definition) is 5. The molecule has 0 atom stereocenters. The van der Waals surface area contributed by atoms with Gasteiger partial charge in [-0.15, -0.1) is 0 Å². The largest absolute Gasteiger partial charge is 0.399 e. The zero-order valence-electron chi connectivity index (χ0n) is 9.64. The van der Waals surface area contributed by atoms with Gasteiger partial charge in [0.2, 0.25) is 10.0 Å². The van der Waals surface area contributed by atoms with E-state index in [0.29, 0.717) is 11.3 Å². The molecule has 1 rings (SSSR count). The molecule has 0 aliphatic heterocycles. The summed E-state index contributed by atoms with van der Waals surface area (Å²) in [6, 6.07) is 6.09. The highest BCUT2D eigenvalue weighted by Gasteiger charge is 2.10. The van der Waals surface area contributed by atoms with Crippen LogP contribution in [0.5, 0.6) is 0 Å². The molecule has 2 amide bonds. The maximum Gasteiger partial charge on any atom is 0.252 e. The minimum Gasteiger partial charge on any atom is -0.399 e. The molecule has 0 saturated carbocycles. The van der Waals surface area contributed by atoms with Gasteiger partial charge in [-0.3, -0.25) is 14.3 Å². The summed E-state index contributed by atoms with van der Waals surface area (Å²) in [6.45, 7) is -0.420. The number of rotatable bonds is 4. The van der Waals surface area contributed by atoms with E-state index in [1.54, 1.807) is 16.9 Å². The van der Waals surface area contributed by atoms with Gasteiger partial charge >= 0.3 is 0 Å². The molecule has 0 spiro atoms. The van der Waals surface area contributed by atoms with Crippen LogP contribution in [-0.4, -0.2) is 33.0 Å². The molecule has 0 aromatic heterocycles. The Kier molecular flexibility index (Phi) is 4.27. The molecule has 0 unspecified atom stereocenters. The van der Waals surface area contributed by atoms with Crippen LogP contribution in [0.2, 0.25) is 0 Å². The smallest absolute Gasteiger partial charge is 0.252 e. The number of benzene rings is 1. The van der Waals surface area contributed by atoms with Crippen molar-refractivity contribution in [1.82, 2.24) is 10.0 Å². The lowest BCUT2D eigenvalue weighted by Gasteiger charge is -2.05.